The van der Waals surface area contributed by atoms with E-state index in [4.69, 9.17) is 5.11 Å². The molecule has 1 nitrogen and oxygen atoms in total. The Morgan fingerprint density at radius 3 is 1.71 bits per heavy atom. The number of hydrogen-bond donors (Lipinski definition) is 1. The van der Waals surface area contributed by atoms with Gasteiger partial charge in [0.05, 0.1) is 0 Å². The predicted molar refractivity (Wildman–Crippen MR) is 26.8 cm³/mol. The third-order valence-corrected chi connectivity index (χ3v) is 2.37. The third kappa shape index (κ3) is 6.67. The Morgan fingerprint density at radius 1 is 1.29 bits per heavy atom. The van der Waals surface area contributed by atoms with Crippen molar-refractivity contribution in [1.82, 2.24) is 0 Å². The first kappa shape index (κ1) is 7.67. The molecule has 0 saturated carbocycles. The van der Waals surface area contributed by atoms with E-state index in [9.17, 15) is 0 Å². The molecule has 1 N–H and O–H groups in total. The number of rotatable bonds is 2. The maximum absolute atomic E-state index is 8.78. The van der Waals surface area contributed by atoms with Gasteiger partial charge in [0, 0.05) is 0 Å². The van der Waals surface area contributed by atoms with Crippen molar-refractivity contribution in [3.63, 3.8) is 0 Å². The first-order valence-electron chi connectivity index (χ1n) is 2.57. The van der Waals surface area contributed by atoms with Crippen LogP contribution in [0.4, 0.5) is 0 Å². The summed E-state index contributed by atoms with van der Waals surface area (Å²) in [7, 11) is 0. The predicted octanol–water partition coefficient (Wildman–Crippen LogP) is 1.24. The Morgan fingerprint density at radius 2 is 1.71 bits per heavy atom. The van der Waals surface area contributed by atoms with E-state index < -0.39 is 0 Å². The topological polar surface area (TPSA) is 20.2 Å². The van der Waals surface area contributed by atoms with Crippen LogP contribution < -0.4 is 0 Å². The van der Waals surface area contributed by atoms with Crippen LogP contribution in [0.25, 0.3) is 0 Å². The van der Waals surface area contributed by atoms with Gasteiger partial charge in [0.15, 0.2) is 0 Å². The number of hydrogen-bond acceptors (Lipinski definition) is 1. The molecule has 1 unspecified atom stereocenters. The van der Waals surface area contributed by atoms with E-state index in [1.165, 1.54) is 0 Å². The molecule has 0 aliphatic rings. The molecule has 0 saturated heterocycles. The fourth-order valence-corrected chi connectivity index (χ4v) is 1.99. The first-order chi connectivity index (χ1) is 3.13. The van der Waals surface area contributed by atoms with Gasteiger partial charge in [0.25, 0.3) is 0 Å². The molecule has 42 valence electrons. The summed E-state index contributed by atoms with van der Waals surface area (Å²) in [6.45, 7) is 6.19. The normalized spacial score (nSPS) is 14.4. The summed E-state index contributed by atoms with van der Waals surface area (Å²) in [5.41, 5.74) is 0. The van der Waals surface area contributed by atoms with Crippen molar-refractivity contribution in [2.45, 2.75) is 29.4 Å². The Hall–Kier alpha value is 0.674. The second kappa shape index (κ2) is 3.65. The molecular weight excluding hydrogens is 124 g/mol. The summed E-state index contributed by atoms with van der Waals surface area (Å²) in [6, 6.07) is 0. The quantitative estimate of drug-likeness (QED) is 0.566. The summed E-state index contributed by atoms with van der Waals surface area (Å²) in [4.78, 5) is 0. The van der Waals surface area contributed by atoms with Gasteiger partial charge in [-0.25, -0.2) is 0 Å². The average Bonchev–Trinajstić information content (AvgIpc) is 1.27. The Kier molecular flexibility index (Phi) is 4.00. The molecule has 0 aromatic carbocycles. The molecule has 0 aromatic rings. The molecule has 0 spiro atoms. The summed E-state index contributed by atoms with van der Waals surface area (Å²) < 4.78 is 0.750. The van der Waals surface area contributed by atoms with E-state index >= 15 is 0 Å². The number of aliphatic hydroxyl groups excluding tert-OH is 1. The molecule has 0 aliphatic carbocycles. The van der Waals surface area contributed by atoms with Gasteiger partial charge in [-0.05, 0) is 0 Å². The van der Waals surface area contributed by atoms with Crippen LogP contribution >= 0.6 is 0 Å². The molecule has 0 bridgehead atoms. The molecule has 0 heterocycles. The van der Waals surface area contributed by atoms with Crippen LogP contribution in [0.1, 0.15) is 20.8 Å². The third-order valence-electron chi connectivity index (χ3n) is 0.575. The first-order valence-corrected chi connectivity index (χ1v) is 4.37. The van der Waals surface area contributed by atoms with E-state index in [2.05, 4.69) is 13.8 Å². The van der Waals surface area contributed by atoms with E-state index in [-0.39, 0.29) is 23.6 Å². The van der Waals surface area contributed by atoms with Crippen LogP contribution in [0.15, 0.2) is 0 Å². The summed E-state index contributed by atoms with van der Waals surface area (Å²) in [5.74, 6) is 0. The average molecular weight is 136 g/mol. The minimum atomic E-state index is -0.0556. The molecule has 7 heavy (non-hydrogen) atoms. The maximum atomic E-state index is 8.78. The Balaban J connectivity index is 2.95. The zero-order chi connectivity index (χ0) is 5.86. The number of aliphatic hydroxyl groups is 1. The molecule has 2 heteroatoms. The molecule has 0 fully saturated rings. The van der Waals surface area contributed by atoms with Crippen molar-refractivity contribution in [1.29, 1.82) is 0 Å². The molecule has 0 rings (SSSR count). The van der Waals surface area contributed by atoms with Crippen molar-refractivity contribution in [2.75, 3.05) is 0 Å². The summed E-state index contributed by atoms with van der Waals surface area (Å²) >= 11 is -0.0556. The van der Waals surface area contributed by atoms with Crippen LogP contribution in [-0.4, -0.2) is 9.52 Å². The van der Waals surface area contributed by atoms with E-state index in [1.807, 2.05) is 6.92 Å². The molecular formula is C5H12OTi. The molecule has 1 atom stereocenters. The van der Waals surface area contributed by atoms with E-state index in [0.29, 0.717) is 0 Å². The van der Waals surface area contributed by atoms with Crippen molar-refractivity contribution >= 4 is 0 Å². The fraction of sp³-hybridized carbons (Fsp3) is 1.00. The Bertz CT molecular complexity index is 37.3. The molecule has 0 radical (unpaired) electrons. The standard InChI is InChI=1S/C3H7.C2H5O.Ti/c1-3-2;1-2-3;/h3H,1-2H3;2-3H,1H3;. The second-order valence-corrected chi connectivity index (χ2v) is 5.63. The minimum absolute atomic E-state index is 0.000000000000000222. The molecule has 0 aromatic heterocycles. The van der Waals surface area contributed by atoms with Crippen LogP contribution in [0.3, 0.4) is 0 Å². The van der Waals surface area contributed by atoms with Crippen LogP contribution in [0.2, 0.25) is 4.22 Å². The van der Waals surface area contributed by atoms with E-state index in [1.54, 1.807) is 0 Å². The summed E-state index contributed by atoms with van der Waals surface area (Å²) in [5, 5.41) is 8.78. The van der Waals surface area contributed by atoms with Crippen molar-refractivity contribution in [3.8, 4) is 0 Å². The van der Waals surface area contributed by atoms with Gasteiger partial charge in [-0.3, -0.25) is 0 Å². The molecule has 0 amide bonds. The van der Waals surface area contributed by atoms with Gasteiger partial charge in [-0.1, -0.05) is 0 Å². The van der Waals surface area contributed by atoms with Gasteiger partial charge >= 0.3 is 53.7 Å². The van der Waals surface area contributed by atoms with Crippen LogP contribution in [0.5, 0.6) is 0 Å². The van der Waals surface area contributed by atoms with Gasteiger partial charge in [-0.15, -0.1) is 0 Å². The van der Waals surface area contributed by atoms with Crippen molar-refractivity contribution in [2.24, 2.45) is 0 Å². The second-order valence-electron chi connectivity index (χ2n) is 2.00. The van der Waals surface area contributed by atoms with Crippen LogP contribution in [-0.2, 0) is 19.2 Å². The van der Waals surface area contributed by atoms with Gasteiger partial charge in [0.2, 0.25) is 0 Å². The van der Waals surface area contributed by atoms with E-state index in [0.717, 1.165) is 4.22 Å². The van der Waals surface area contributed by atoms with Crippen molar-refractivity contribution < 1.29 is 24.3 Å². The van der Waals surface area contributed by atoms with Crippen LogP contribution in [0, 0.1) is 0 Å². The zero-order valence-electron chi connectivity index (χ0n) is 5.10. The van der Waals surface area contributed by atoms with Gasteiger partial charge < -0.3 is 0 Å². The fourth-order valence-electron chi connectivity index (χ4n) is 0.482. The SMILES string of the molecule is C[CH](C)[Ti][CH](C)O. The van der Waals surface area contributed by atoms with Gasteiger partial charge in [-0.2, -0.15) is 0 Å². The molecule has 0 aliphatic heterocycles. The monoisotopic (exact) mass is 136 g/mol. The van der Waals surface area contributed by atoms with Gasteiger partial charge in [0.1, 0.15) is 0 Å². The Labute approximate surface area is 54.0 Å². The van der Waals surface area contributed by atoms with Crippen molar-refractivity contribution in [3.05, 3.63) is 0 Å². The zero-order valence-corrected chi connectivity index (χ0v) is 6.66. The summed E-state index contributed by atoms with van der Waals surface area (Å²) in [6.07, 6.45) is 0.